The van der Waals surface area contributed by atoms with Gasteiger partial charge in [-0.05, 0) is 56.2 Å². The number of methoxy groups -OCH3 is 1. The van der Waals surface area contributed by atoms with Crippen molar-refractivity contribution in [1.29, 1.82) is 0 Å². The summed E-state index contributed by atoms with van der Waals surface area (Å²) in [5.41, 5.74) is -5.64. The van der Waals surface area contributed by atoms with E-state index in [1.165, 1.54) is 37.4 Å². The van der Waals surface area contributed by atoms with Gasteiger partial charge in [0.2, 0.25) is 0 Å². The summed E-state index contributed by atoms with van der Waals surface area (Å²) in [4.78, 5) is 24.3. The first kappa shape index (κ1) is 28.1. The van der Waals surface area contributed by atoms with E-state index < -0.39 is 52.7 Å². The van der Waals surface area contributed by atoms with Gasteiger partial charge in [0.1, 0.15) is 34.7 Å². The zero-order valence-electron chi connectivity index (χ0n) is 20.6. The maximum Gasteiger partial charge on any atom is 0.417 e. The van der Waals surface area contributed by atoms with E-state index in [0.29, 0.717) is 0 Å². The molecule has 1 heterocycles. The molecule has 0 amide bonds. The Bertz CT molecular complexity index is 1470. The summed E-state index contributed by atoms with van der Waals surface area (Å²) in [6.07, 6.45) is -12.0. The Kier molecular flexibility index (Phi) is 7.18. The molecule has 3 atom stereocenters. The van der Waals surface area contributed by atoms with Crippen LogP contribution in [0.4, 0.5) is 26.3 Å². The third-order valence-electron chi connectivity index (χ3n) is 6.87. The normalized spacial score (nSPS) is 21.5. The molecule has 6 nitrogen and oxygen atoms in total. The highest BCUT2D eigenvalue weighted by molar-refractivity contribution is 5.84. The van der Waals surface area contributed by atoms with Crippen molar-refractivity contribution in [2.45, 2.75) is 44.3 Å². The summed E-state index contributed by atoms with van der Waals surface area (Å²) in [5, 5.41) is 0.212. The number of fused-ring (bicyclic) bond motifs is 1. The zero-order chi connectivity index (χ0) is 28.8. The Morgan fingerprint density at radius 2 is 1.67 bits per heavy atom. The van der Waals surface area contributed by atoms with Crippen LogP contribution in [-0.4, -0.2) is 31.5 Å². The molecule has 0 aliphatic heterocycles. The molecule has 1 aromatic heterocycles. The Morgan fingerprint density at radius 1 is 1.00 bits per heavy atom. The maximum absolute atomic E-state index is 14.1. The van der Waals surface area contributed by atoms with Gasteiger partial charge < -0.3 is 18.6 Å². The highest BCUT2D eigenvalue weighted by Crippen LogP contribution is 2.53. The number of rotatable bonds is 6. The summed E-state index contributed by atoms with van der Waals surface area (Å²) >= 11 is 0. The Hall–Kier alpha value is -3.96. The number of hydrogen-bond acceptors (Lipinski definition) is 6. The van der Waals surface area contributed by atoms with E-state index in [2.05, 4.69) is 6.58 Å². The standard InChI is InChI=1S/C27H22F6O6/c1-4-23(34)39-22-10-9-21(25(22,2)27(31,32)33)37-16-6-5-14-11-18(24(35)38-20(14)13-16)17-8-7-15(36-3)12-19(17)26(28,29)30/h4-8,11-13,21-22H,1,9-10H2,2-3H3. The van der Waals surface area contributed by atoms with E-state index in [1.54, 1.807) is 0 Å². The summed E-state index contributed by atoms with van der Waals surface area (Å²) in [5.74, 6) is -1.13. The van der Waals surface area contributed by atoms with Crippen LogP contribution in [0.1, 0.15) is 25.3 Å². The van der Waals surface area contributed by atoms with Crippen molar-refractivity contribution in [1.82, 2.24) is 0 Å². The van der Waals surface area contributed by atoms with Gasteiger partial charge in [0, 0.05) is 23.1 Å². The van der Waals surface area contributed by atoms with Crippen molar-refractivity contribution in [3.05, 3.63) is 71.1 Å². The van der Waals surface area contributed by atoms with Crippen LogP contribution in [0.25, 0.3) is 22.1 Å². The van der Waals surface area contributed by atoms with Gasteiger partial charge in [-0.2, -0.15) is 26.3 Å². The highest BCUT2D eigenvalue weighted by Gasteiger charge is 2.66. The smallest absolute Gasteiger partial charge is 0.417 e. The highest BCUT2D eigenvalue weighted by atomic mass is 19.4. The topological polar surface area (TPSA) is 75.0 Å². The third kappa shape index (κ3) is 5.19. The van der Waals surface area contributed by atoms with Crippen molar-refractivity contribution in [2.75, 3.05) is 7.11 Å². The van der Waals surface area contributed by atoms with Crippen LogP contribution in [0, 0.1) is 5.41 Å². The van der Waals surface area contributed by atoms with Gasteiger partial charge >= 0.3 is 23.9 Å². The average molecular weight is 556 g/mol. The van der Waals surface area contributed by atoms with E-state index in [0.717, 1.165) is 25.1 Å². The number of hydrogen-bond donors (Lipinski definition) is 0. The fourth-order valence-electron chi connectivity index (χ4n) is 4.66. The van der Waals surface area contributed by atoms with Crippen LogP contribution < -0.4 is 15.1 Å². The minimum atomic E-state index is -4.80. The predicted octanol–water partition coefficient (Wildman–Crippen LogP) is 6.70. The van der Waals surface area contributed by atoms with E-state index in [9.17, 15) is 35.9 Å². The molecule has 1 fully saturated rings. The molecule has 0 spiro atoms. The SMILES string of the molecule is C=CC(=O)OC1CCC(Oc2ccc3cc(-c4ccc(OC)cc4C(F)(F)F)c(=O)oc3c2)C1(C)C(F)(F)F. The lowest BCUT2D eigenvalue weighted by Gasteiger charge is -2.37. The van der Waals surface area contributed by atoms with Crippen LogP contribution in [0.15, 0.2) is 64.3 Å². The van der Waals surface area contributed by atoms with Crippen molar-refractivity contribution in [3.63, 3.8) is 0 Å². The van der Waals surface area contributed by atoms with Gasteiger partial charge in [-0.15, -0.1) is 0 Å². The number of ether oxygens (including phenoxy) is 3. The second-order valence-electron chi connectivity index (χ2n) is 9.15. The van der Waals surface area contributed by atoms with Crippen molar-refractivity contribution < 1.29 is 49.8 Å². The first-order valence-electron chi connectivity index (χ1n) is 11.6. The van der Waals surface area contributed by atoms with Gasteiger partial charge in [0.15, 0.2) is 0 Å². The van der Waals surface area contributed by atoms with Crippen molar-refractivity contribution in [3.8, 4) is 22.6 Å². The van der Waals surface area contributed by atoms with Gasteiger partial charge in [-0.3, -0.25) is 0 Å². The van der Waals surface area contributed by atoms with Gasteiger partial charge in [-0.25, -0.2) is 9.59 Å². The van der Waals surface area contributed by atoms with Crippen LogP contribution in [0.5, 0.6) is 11.5 Å². The molecule has 1 aliphatic rings. The van der Waals surface area contributed by atoms with Crippen LogP contribution in [-0.2, 0) is 15.7 Å². The fraction of sp³-hybridized carbons (Fsp3) is 0.333. The van der Waals surface area contributed by atoms with E-state index >= 15 is 0 Å². The molecule has 3 aromatic rings. The quantitative estimate of drug-likeness (QED) is 0.146. The number of halogens is 6. The summed E-state index contributed by atoms with van der Waals surface area (Å²) < 4.78 is 104. The van der Waals surface area contributed by atoms with Crippen LogP contribution in [0.2, 0.25) is 0 Å². The zero-order valence-corrected chi connectivity index (χ0v) is 20.6. The van der Waals surface area contributed by atoms with Crippen LogP contribution in [0.3, 0.4) is 0 Å². The summed E-state index contributed by atoms with van der Waals surface area (Å²) in [6, 6.07) is 8.15. The predicted molar refractivity (Wildman–Crippen MR) is 127 cm³/mol. The molecule has 0 radical (unpaired) electrons. The molecule has 12 heteroatoms. The van der Waals surface area contributed by atoms with E-state index in [1.807, 2.05) is 0 Å². The van der Waals surface area contributed by atoms with Gasteiger partial charge in [-0.1, -0.05) is 6.58 Å². The third-order valence-corrected chi connectivity index (χ3v) is 6.87. The molecule has 3 unspecified atom stereocenters. The second-order valence-corrected chi connectivity index (χ2v) is 9.15. The number of carbonyl (C=O) groups is 1. The first-order chi connectivity index (χ1) is 18.2. The Labute approximate surface area is 217 Å². The number of benzene rings is 2. The molecule has 39 heavy (non-hydrogen) atoms. The second kappa shape index (κ2) is 9.97. The molecular weight excluding hydrogens is 534 g/mol. The van der Waals surface area contributed by atoms with E-state index in [4.69, 9.17) is 18.6 Å². The molecule has 0 saturated heterocycles. The monoisotopic (exact) mass is 556 g/mol. The van der Waals surface area contributed by atoms with Crippen molar-refractivity contribution in [2.24, 2.45) is 5.41 Å². The fourth-order valence-corrected chi connectivity index (χ4v) is 4.66. The Morgan fingerprint density at radius 3 is 2.28 bits per heavy atom. The molecule has 1 saturated carbocycles. The number of esters is 1. The molecule has 4 rings (SSSR count). The lowest BCUT2D eigenvalue weighted by Crippen LogP contribution is -2.51. The minimum Gasteiger partial charge on any atom is -0.497 e. The molecular formula is C27H22F6O6. The number of carbonyl (C=O) groups excluding carboxylic acids is 1. The van der Waals surface area contributed by atoms with Gasteiger partial charge in [0.05, 0.1) is 18.2 Å². The lowest BCUT2D eigenvalue weighted by molar-refractivity contribution is -0.262. The van der Waals surface area contributed by atoms with Gasteiger partial charge in [0.25, 0.3) is 0 Å². The maximum atomic E-state index is 14.1. The van der Waals surface area contributed by atoms with Crippen molar-refractivity contribution >= 4 is 16.9 Å². The largest absolute Gasteiger partial charge is 0.497 e. The van der Waals surface area contributed by atoms with Crippen LogP contribution >= 0.6 is 0 Å². The number of alkyl halides is 6. The van der Waals surface area contributed by atoms with E-state index in [-0.39, 0.29) is 40.9 Å². The first-order valence-corrected chi connectivity index (χ1v) is 11.6. The average Bonchev–Trinajstić information content (AvgIpc) is 3.18. The lowest BCUT2D eigenvalue weighted by atomic mass is 9.83. The molecule has 2 aromatic carbocycles. The molecule has 0 N–H and O–H groups in total. The molecule has 1 aliphatic carbocycles. The summed E-state index contributed by atoms with van der Waals surface area (Å²) in [6.45, 7) is 4.10. The molecule has 208 valence electrons. The summed E-state index contributed by atoms with van der Waals surface area (Å²) in [7, 11) is 1.20. The minimum absolute atomic E-state index is 0.0580. The Balaban J connectivity index is 1.70. The molecule has 0 bridgehead atoms.